The molecule has 37 heavy (non-hydrogen) atoms. The zero-order valence-corrected chi connectivity index (χ0v) is 20.7. The Labute approximate surface area is 215 Å². The number of carbonyl (C=O) groups excluding carboxylic acids is 1. The molecule has 3 aliphatic rings. The molecule has 3 unspecified atom stereocenters. The van der Waals surface area contributed by atoms with E-state index in [9.17, 15) is 4.79 Å². The standard InChI is InChI=1S/C26H30N8O3/c1-17-16-36-13-12-34(17)25-31-23(30-24(32-25)33-14-21-6-7-22(15-33)37-21)18-2-4-19(5-3-18)28-26(35)29-20-8-10-27-11-9-20/h2-5,8-11,17,21-22H,6-7,12-16H2,1H3,(H2,27,28,29,35). The molecule has 3 fully saturated rings. The summed E-state index contributed by atoms with van der Waals surface area (Å²) in [4.78, 5) is 35.4. The van der Waals surface area contributed by atoms with Crippen LogP contribution in [0.5, 0.6) is 0 Å². The van der Waals surface area contributed by atoms with Crippen LogP contribution in [-0.2, 0) is 9.47 Å². The zero-order valence-electron chi connectivity index (χ0n) is 20.7. The van der Waals surface area contributed by atoms with E-state index in [-0.39, 0.29) is 24.3 Å². The van der Waals surface area contributed by atoms with Crippen molar-refractivity contribution in [2.24, 2.45) is 0 Å². The highest BCUT2D eigenvalue weighted by Gasteiger charge is 2.35. The second kappa shape index (κ2) is 10.3. The van der Waals surface area contributed by atoms with Crippen molar-refractivity contribution < 1.29 is 14.3 Å². The van der Waals surface area contributed by atoms with Gasteiger partial charge in [-0.2, -0.15) is 15.0 Å². The third-order valence-electron chi connectivity index (χ3n) is 6.90. The van der Waals surface area contributed by atoms with Crippen LogP contribution >= 0.6 is 0 Å². The van der Waals surface area contributed by atoms with Gasteiger partial charge >= 0.3 is 6.03 Å². The van der Waals surface area contributed by atoms with Gasteiger partial charge in [0.25, 0.3) is 0 Å². The van der Waals surface area contributed by atoms with Crippen molar-refractivity contribution in [3.63, 3.8) is 0 Å². The first-order valence-corrected chi connectivity index (χ1v) is 12.7. The molecular weight excluding hydrogens is 472 g/mol. The molecule has 2 bridgehead atoms. The van der Waals surface area contributed by atoms with Crippen LogP contribution in [0.15, 0.2) is 48.8 Å². The van der Waals surface area contributed by atoms with E-state index in [1.807, 2.05) is 24.3 Å². The summed E-state index contributed by atoms with van der Waals surface area (Å²) in [6.45, 7) is 5.70. The highest BCUT2D eigenvalue weighted by molar-refractivity contribution is 5.99. The first-order chi connectivity index (χ1) is 18.1. The van der Waals surface area contributed by atoms with E-state index in [2.05, 4.69) is 32.3 Å². The number of nitrogens with zero attached hydrogens (tertiary/aromatic N) is 6. The molecule has 2 N–H and O–H groups in total. The first-order valence-electron chi connectivity index (χ1n) is 12.7. The molecule has 2 amide bonds. The summed E-state index contributed by atoms with van der Waals surface area (Å²) in [6.07, 6.45) is 5.87. The number of ether oxygens (including phenoxy) is 2. The van der Waals surface area contributed by atoms with Gasteiger partial charge in [0, 0.05) is 49.0 Å². The molecular formula is C26H30N8O3. The highest BCUT2D eigenvalue weighted by atomic mass is 16.5. The van der Waals surface area contributed by atoms with E-state index >= 15 is 0 Å². The van der Waals surface area contributed by atoms with Gasteiger partial charge in [-0.3, -0.25) is 4.98 Å². The van der Waals surface area contributed by atoms with E-state index in [1.54, 1.807) is 24.5 Å². The Balaban J connectivity index is 1.25. The summed E-state index contributed by atoms with van der Waals surface area (Å²) in [5.41, 5.74) is 2.18. The van der Waals surface area contributed by atoms with Gasteiger partial charge in [0.2, 0.25) is 11.9 Å². The summed E-state index contributed by atoms with van der Waals surface area (Å²) >= 11 is 0. The normalized spacial score (nSPS) is 23.1. The van der Waals surface area contributed by atoms with E-state index in [4.69, 9.17) is 24.4 Å². The molecule has 0 radical (unpaired) electrons. The number of nitrogens with one attached hydrogen (secondary N) is 2. The number of rotatable bonds is 5. The minimum absolute atomic E-state index is 0.170. The number of aromatic nitrogens is 4. The number of benzene rings is 1. The van der Waals surface area contributed by atoms with E-state index in [1.165, 1.54) is 0 Å². The van der Waals surface area contributed by atoms with Crippen molar-refractivity contribution >= 4 is 29.3 Å². The quantitative estimate of drug-likeness (QED) is 0.542. The predicted molar refractivity (Wildman–Crippen MR) is 140 cm³/mol. The fourth-order valence-corrected chi connectivity index (χ4v) is 4.99. The molecule has 3 aliphatic heterocycles. The third-order valence-corrected chi connectivity index (χ3v) is 6.90. The number of anilines is 4. The van der Waals surface area contributed by atoms with Crippen LogP contribution in [0.1, 0.15) is 19.8 Å². The van der Waals surface area contributed by atoms with Gasteiger partial charge in [-0.05, 0) is 56.2 Å². The number of carbonyl (C=O) groups is 1. The summed E-state index contributed by atoms with van der Waals surface area (Å²) in [6, 6.07) is 10.8. The second-order valence-electron chi connectivity index (χ2n) is 9.63. The van der Waals surface area contributed by atoms with E-state index in [0.29, 0.717) is 42.3 Å². The first kappa shape index (κ1) is 23.6. The molecule has 192 valence electrons. The van der Waals surface area contributed by atoms with Gasteiger partial charge in [0.05, 0.1) is 31.5 Å². The Kier molecular flexibility index (Phi) is 6.54. The minimum atomic E-state index is -0.327. The molecule has 3 atom stereocenters. The maximum atomic E-state index is 12.4. The van der Waals surface area contributed by atoms with Gasteiger partial charge in [-0.15, -0.1) is 0 Å². The average Bonchev–Trinajstić information content (AvgIpc) is 3.26. The fraction of sp³-hybridized carbons (Fsp3) is 0.423. The van der Waals surface area contributed by atoms with Crippen LogP contribution < -0.4 is 20.4 Å². The number of hydrogen-bond donors (Lipinski definition) is 2. The maximum Gasteiger partial charge on any atom is 0.323 e. The number of fused-ring (bicyclic) bond motifs is 2. The van der Waals surface area contributed by atoms with Gasteiger partial charge in [0.15, 0.2) is 5.82 Å². The van der Waals surface area contributed by atoms with Crippen LogP contribution in [0.3, 0.4) is 0 Å². The summed E-state index contributed by atoms with van der Waals surface area (Å²) < 4.78 is 11.7. The number of morpholine rings is 2. The second-order valence-corrected chi connectivity index (χ2v) is 9.63. The molecule has 2 aromatic heterocycles. The number of hydrogen-bond acceptors (Lipinski definition) is 9. The van der Waals surface area contributed by atoms with Crippen LogP contribution in [0, 0.1) is 0 Å². The van der Waals surface area contributed by atoms with Crippen LogP contribution in [0.2, 0.25) is 0 Å². The minimum Gasteiger partial charge on any atom is -0.377 e. The smallest absolute Gasteiger partial charge is 0.323 e. The third kappa shape index (κ3) is 5.32. The molecule has 0 aliphatic carbocycles. The van der Waals surface area contributed by atoms with Gasteiger partial charge in [0.1, 0.15) is 0 Å². The summed E-state index contributed by atoms with van der Waals surface area (Å²) in [5.74, 6) is 1.94. The molecule has 11 heteroatoms. The van der Waals surface area contributed by atoms with Crippen molar-refractivity contribution in [3.05, 3.63) is 48.8 Å². The Morgan fingerprint density at radius 1 is 0.919 bits per heavy atom. The Hall–Kier alpha value is -3.83. The van der Waals surface area contributed by atoms with Crippen LogP contribution in [0.4, 0.5) is 28.1 Å². The monoisotopic (exact) mass is 502 g/mol. The molecule has 3 aromatic rings. The lowest BCUT2D eigenvalue weighted by Crippen LogP contribution is -2.46. The lowest BCUT2D eigenvalue weighted by Gasteiger charge is -2.35. The van der Waals surface area contributed by atoms with Crippen molar-refractivity contribution in [2.75, 3.05) is 53.3 Å². The maximum absolute atomic E-state index is 12.4. The number of amides is 2. The van der Waals surface area contributed by atoms with Crippen molar-refractivity contribution in [1.82, 2.24) is 19.9 Å². The zero-order chi connectivity index (χ0) is 25.2. The van der Waals surface area contributed by atoms with Gasteiger partial charge < -0.3 is 29.9 Å². The largest absolute Gasteiger partial charge is 0.377 e. The molecule has 5 heterocycles. The van der Waals surface area contributed by atoms with Gasteiger partial charge in [-0.25, -0.2) is 4.79 Å². The average molecular weight is 503 g/mol. The molecule has 3 saturated heterocycles. The fourth-order valence-electron chi connectivity index (χ4n) is 4.99. The van der Waals surface area contributed by atoms with Crippen molar-refractivity contribution in [2.45, 2.75) is 38.0 Å². The lowest BCUT2D eigenvalue weighted by molar-refractivity contribution is 0.0299. The van der Waals surface area contributed by atoms with Crippen molar-refractivity contribution in [1.29, 1.82) is 0 Å². The molecule has 0 saturated carbocycles. The topological polar surface area (TPSA) is 118 Å². The van der Waals surface area contributed by atoms with Crippen LogP contribution in [-0.4, -0.2) is 77.1 Å². The van der Waals surface area contributed by atoms with E-state index in [0.717, 1.165) is 38.0 Å². The molecule has 11 nitrogen and oxygen atoms in total. The SMILES string of the molecule is CC1COCCN1c1nc(-c2ccc(NC(=O)Nc3ccncc3)cc2)nc(N2CC3CCC(C2)O3)n1. The molecule has 6 rings (SSSR count). The Bertz CT molecular complexity index is 1230. The molecule has 0 spiro atoms. The molecule has 1 aromatic carbocycles. The van der Waals surface area contributed by atoms with E-state index < -0.39 is 0 Å². The number of pyridine rings is 1. The predicted octanol–water partition coefficient (Wildman–Crippen LogP) is 3.17. The summed E-state index contributed by atoms with van der Waals surface area (Å²) in [5, 5.41) is 5.64. The van der Waals surface area contributed by atoms with Gasteiger partial charge in [-0.1, -0.05) is 0 Å². The van der Waals surface area contributed by atoms with Crippen LogP contribution in [0.25, 0.3) is 11.4 Å². The van der Waals surface area contributed by atoms with Crippen molar-refractivity contribution in [3.8, 4) is 11.4 Å². The lowest BCUT2D eigenvalue weighted by atomic mass is 10.2. The number of urea groups is 1. The summed E-state index contributed by atoms with van der Waals surface area (Å²) in [7, 11) is 0. The Morgan fingerprint density at radius 3 is 2.30 bits per heavy atom. The highest BCUT2D eigenvalue weighted by Crippen LogP contribution is 2.30. The Morgan fingerprint density at radius 2 is 1.59 bits per heavy atom.